The second-order valence-corrected chi connectivity index (χ2v) is 5.62. The highest BCUT2D eigenvalue weighted by atomic mass is 32.1. The van der Waals surface area contributed by atoms with Crippen molar-refractivity contribution in [3.63, 3.8) is 0 Å². The highest BCUT2D eigenvalue weighted by Crippen LogP contribution is 2.21. The molecule has 0 aromatic carbocycles. The van der Waals surface area contributed by atoms with Crippen molar-refractivity contribution in [1.82, 2.24) is 5.32 Å². The Morgan fingerprint density at radius 1 is 1.42 bits per heavy atom. The second kappa shape index (κ2) is 9.44. The average Bonchev–Trinajstić information content (AvgIpc) is 2.91. The Balaban J connectivity index is 2.23. The molecule has 1 aromatic heterocycles. The van der Waals surface area contributed by atoms with Gasteiger partial charge in [-0.05, 0) is 24.8 Å². The third-order valence-electron chi connectivity index (χ3n) is 2.87. The minimum atomic E-state index is -0.492. The van der Waals surface area contributed by atoms with Gasteiger partial charge in [0.15, 0.2) is 0 Å². The van der Waals surface area contributed by atoms with Crippen LogP contribution in [0.25, 0.3) is 0 Å². The molecule has 0 bridgehead atoms. The Labute approximate surface area is 119 Å². The third kappa shape index (κ3) is 6.49. The largest absolute Gasteiger partial charge is 0.389 e. The van der Waals surface area contributed by atoms with Gasteiger partial charge in [0, 0.05) is 24.6 Å². The normalized spacial score (nSPS) is 16.2. The van der Waals surface area contributed by atoms with Crippen LogP contribution in [0.15, 0.2) is 17.5 Å². The number of ether oxygens (including phenoxy) is 2. The molecule has 110 valence electrons. The van der Waals surface area contributed by atoms with Gasteiger partial charge in [0.2, 0.25) is 0 Å². The Morgan fingerprint density at radius 3 is 2.79 bits per heavy atom. The predicted molar refractivity (Wildman–Crippen MR) is 78.7 cm³/mol. The van der Waals surface area contributed by atoms with Gasteiger partial charge < -0.3 is 19.9 Å². The molecule has 1 heterocycles. The van der Waals surface area contributed by atoms with E-state index in [1.54, 1.807) is 18.4 Å². The highest BCUT2D eigenvalue weighted by Gasteiger charge is 2.13. The zero-order valence-corrected chi connectivity index (χ0v) is 12.8. The molecule has 0 fully saturated rings. The number of hydrogen-bond acceptors (Lipinski definition) is 5. The van der Waals surface area contributed by atoms with Crippen LogP contribution in [0.5, 0.6) is 0 Å². The molecule has 19 heavy (non-hydrogen) atoms. The summed E-state index contributed by atoms with van der Waals surface area (Å²) in [7, 11) is 1.64. The SMILES string of the molecule is CCC(NCC(O)COC(C)COC)c1cccs1. The van der Waals surface area contributed by atoms with Crippen LogP contribution in [-0.2, 0) is 9.47 Å². The van der Waals surface area contributed by atoms with Gasteiger partial charge in [-0.15, -0.1) is 11.3 Å². The number of aliphatic hydroxyl groups excluding tert-OH is 1. The van der Waals surface area contributed by atoms with Crippen molar-refractivity contribution >= 4 is 11.3 Å². The minimum Gasteiger partial charge on any atom is -0.389 e. The van der Waals surface area contributed by atoms with Gasteiger partial charge in [-0.25, -0.2) is 0 Å². The van der Waals surface area contributed by atoms with E-state index in [-0.39, 0.29) is 6.10 Å². The van der Waals surface area contributed by atoms with Crippen LogP contribution in [-0.4, -0.2) is 44.2 Å². The van der Waals surface area contributed by atoms with Crippen LogP contribution in [0.4, 0.5) is 0 Å². The number of thiophene rings is 1. The molecule has 1 aromatic rings. The third-order valence-corrected chi connectivity index (χ3v) is 3.86. The first-order valence-corrected chi connectivity index (χ1v) is 7.60. The topological polar surface area (TPSA) is 50.7 Å². The molecule has 3 atom stereocenters. The van der Waals surface area contributed by atoms with Crippen LogP contribution >= 0.6 is 11.3 Å². The molecule has 0 spiro atoms. The molecule has 3 unspecified atom stereocenters. The van der Waals surface area contributed by atoms with Crippen LogP contribution in [0, 0.1) is 0 Å². The van der Waals surface area contributed by atoms with E-state index in [0.29, 0.717) is 25.8 Å². The summed E-state index contributed by atoms with van der Waals surface area (Å²) < 4.78 is 10.5. The summed E-state index contributed by atoms with van der Waals surface area (Å²) in [5, 5.41) is 15.3. The van der Waals surface area contributed by atoms with Crippen molar-refractivity contribution in [2.24, 2.45) is 0 Å². The van der Waals surface area contributed by atoms with E-state index >= 15 is 0 Å². The summed E-state index contributed by atoms with van der Waals surface area (Å²) in [6.07, 6.45) is 0.529. The molecular formula is C14H25NO3S. The fourth-order valence-corrected chi connectivity index (χ4v) is 2.72. The molecule has 0 saturated carbocycles. The lowest BCUT2D eigenvalue weighted by molar-refractivity contribution is -0.0316. The van der Waals surface area contributed by atoms with E-state index < -0.39 is 6.10 Å². The summed E-state index contributed by atoms with van der Waals surface area (Å²) in [6, 6.07) is 4.48. The van der Waals surface area contributed by atoms with Gasteiger partial charge in [0.05, 0.1) is 25.4 Å². The van der Waals surface area contributed by atoms with Gasteiger partial charge in [-0.1, -0.05) is 13.0 Å². The first kappa shape index (κ1) is 16.6. The maximum absolute atomic E-state index is 9.88. The van der Waals surface area contributed by atoms with Crippen LogP contribution in [0.1, 0.15) is 31.2 Å². The second-order valence-electron chi connectivity index (χ2n) is 4.64. The molecule has 1 rings (SSSR count). The summed E-state index contributed by atoms with van der Waals surface area (Å²) in [5.74, 6) is 0. The zero-order valence-electron chi connectivity index (χ0n) is 12.0. The van der Waals surface area contributed by atoms with Crippen molar-refractivity contribution in [1.29, 1.82) is 0 Å². The van der Waals surface area contributed by atoms with Crippen molar-refractivity contribution in [2.75, 3.05) is 26.9 Å². The summed E-state index contributed by atoms with van der Waals surface area (Å²) >= 11 is 1.74. The fourth-order valence-electron chi connectivity index (χ4n) is 1.83. The fraction of sp³-hybridized carbons (Fsp3) is 0.714. The Morgan fingerprint density at radius 2 is 2.21 bits per heavy atom. The number of rotatable bonds is 10. The van der Waals surface area contributed by atoms with Crippen LogP contribution in [0.2, 0.25) is 0 Å². The lowest BCUT2D eigenvalue weighted by Gasteiger charge is -2.20. The van der Waals surface area contributed by atoms with Gasteiger partial charge >= 0.3 is 0 Å². The van der Waals surface area contributed by atoms with E-state index in [2.05, 4.69) is 29.8 Å². The molecule has 0 saturated heterocycles. The van der Waals surface area contributed by atoms with Crippen LogP contribution < -0.4 is 5.32 Å². The molecule has 0 aliphatic rings. The first-order valence-electron chi connectivity index (χ1n) is 6.72. The molecule has 0 aliphatic heterocycles. The molecular weight excluding hydrogens is 262 g/mol. The van der Waals surface area contributed by atoms with E-state index in [0.717, 1.165) is 6.42 Å². The first-order chi connectivity index (χ1) is 9.17. The number of nitrogens with one attached hydrogen (secondary N) is 1. The predicted octanol–water partition coefficient (Wildman–Crippen LogP) is 2.20. The number of aliphatic hydroxyl groups is 1. The lowest BCUT2D eigenvalue weighted by Crippen LogP contribution is -2.34. The number of hydrogen-bond donors (Lipinski definition) is 2. The standard InChI is InChI=1S/C14H25NO3S/c1-4-13(14-6-5-7-19-14)15-8-12(16)10-18-11(2)9-17-3/h5-7,11-13,15-16H,4,8-10H2,1-3H3. The molecule has 5 heteroatoms. The van der Waals surface area contributed by atoms with Crippen molar-refractivity contribution in [3.8, 4) is 0 Å². The molecule has 0 amide bonds. The maximum atomic E-state index is 9.88. The summed E-state index contributed by atoms with van der Waals surface area (Å²) in [6.45, 7) is 5.49. The highest BCUT2D eigenvalue weighted by molar-refractivity contribution is 7.10. The van der Waals surface area contributed by atoms with Gasteiger partial charge in [0.25, 0.3) is 0 Å². The smallest absolute Gasteiger partial charge is 0.0898 e. The summed E-state index contributed by atoms with van der Waals surface area (Å²) in [5.41, 5.74) is 0. The Bertz CT molecular complexity index is 319. The molecule has 4 nitrogen and oxygen atoms in total. The zero-order chi connectivity index (χ0) is 14.1. The van der Waals surface area contributed by atoms with Gasteiger partial charge in [0.1, 0.15) is 0 Å². The van der Waals surface area contributed by atoms with Crippen molar-refractivity contribution < 1.29 is 14.6 Å². The van der Waals surface area contributed by atoms with E-state index in [1.807, 2.05) is 6.92 Å². The van der Waals surface area contributed by atoms with E-state index in [4.69, 9.17) is 9.47 Å². The van der Waals surface area contributed by atoms with Gasteiger partial charge in [-0.2, -0.15) is 0 Å². The summed E-state index contributed by atoms with van der Waals surface area (Å²) in [4.78, 5) is 1.31. The van der Waals surface area contributed by atoms with Crippen LogP contribution in [0.3, 0.4) is 0 Å². The maximum Gasteiger partial charge on any atom is 0.0898 e. The Kier molecular flexibility index (Phi) is 8.25. The Hall–Kier alpha value is -0.460. The van der Waals surface area contributed by atoms with Gasteiger partial charge in [-0.3, -0.25) is 0 Å². The minimum absolute atomic E-state index is 0.0129. The molecule has 0 aliphatic carbocycles. The quantitative estimate of drug-likeness (QED) is 0.693. The average molecular weight is 287 g/mol. The number of methoxy groups -OCH3 is 1. The van der Waals surface area contributed by atoms with Crippen molar-refractivity contribution in [2.45, 2.75) is 38.5 Å². The van der Waals surface area contributed by atoms with E-state index in [9.17, 15) is 5.11 Å². The molecule has 2 N–H and O–H groups in total. The monoisotopic (exact) mass is 287 g/mol. The lowest BCUT2D eigenvalue weighted by atomic mass is 10.2. The molecule has 0 radical (unpaired) electrons. The van der Waals surface area contributed by atoms with E-state index in [1.165, 1.54) is 4.88 Å². The van der Waals surface area contributed by atoms with Crippen molar-refractivity contribution in [3.05, 3.63) is 22.4 Å².